The lowest BCUT2D eigenvalue weighted by Gasteiger charge is -2.20. The van der Waals surface area contributed by atoms with E-state index in [2.05, 4.69) is 21.2 Å². The van der Waals surface area contributed by atoms with Crippen LogP contribution in [0.1, 0.15) is 32.4 Å². The quantitative estimate of drug-likeness (QED) is 0.840. The van der Waals surface area contributed by atoms with E-state index in [9.17, 15) is 4.79 Å². The van der Waals surface area contributed by atoms with Gasteiger partial charge in [-0.2, -0.15) is 0 Å². The van der Waals surface area contributed by atoms with Crippen LogP contribution in [0.5, 0.6) is 0 Å². The molecule has 1 atom stereocenters. The van der Waals surface area contributed by atoms with Gasteiger partial charge in [0.2, 0.25) is 5.91 Å². The van der Waals surface area contributed by atoms with Gasteiger partial charge < -0.3 is 5.32 Å². The summed E-state index contributed by atoms with van der Waals surface area (Å²) >= 11 is 3.33. The van der Waals surface area contributed by atoms with E-state index in [0.29, 0.717) is 0 Å². The monoisotopic (exact) mass is 269 g/mol. The zero-order valence-electron chi connectivity index (χ0n) is 9.25. The highest BCUT2D eigenvalue weighted by Gasteiger charge is 2.24. The van der Waals surface area contributed by atoms with Crippen molar-refractivity contribution in [1.82, 2.24) is 5.32 Å². The molecule has 0 aliphatic heterocycles. The fraction of sp³-hybridized carbons (Fsp3) is 0.417. The maximum absolute atomic E-state index is 11.7. The molecule has 1 aromatic carbocycles. The largest absolute Gasteiger partial charge is 0.348 e. The van der Waals surface area contributed by atoms with Gasteiger partial charge in [0.25, 0.3) is 0 Å². The Morgan fingerprint density at radius 1 is 1.33 bits per heavy atom. The molecule has 15 heavy (non-hydrogen) atoms. The number of halogens is 1. The normalized spacial score (nSPS) is 13.3. The summed E-state index contributed by atoms with van der Waals surface area (Å²) in [6.45, 7) is 5.64. The minimum Gasteiger partial charge on any atom is -0.348 e. The third-order valence-corrected chi connectivity index (χ3v) is 2.55. The SMILES string of the molecule is CC(NC(=O)C(C)(C)Br)c1ccccc1. The van der Waals surface area contributed by atoms with Crippen molar-refractivity contribution < 1.29 is 4.79 Å². The van der Waals surface area contributed by atoms with Gasteiger partial charge in [-0.1, -0.05) is 46.3 Å². The number of rotatable bonds is 3. The van der Waals surface area contributed by atoms with Gasteiger partial charge in [-0.3, -0.25) is 4.79 Å². The van der Waals surface area contributed by atoms with E-state index in [-0.39, 0.29) is 11.9 Å². The number of hydrogen-bond donors (Lipinski definition) is 1. The summed E-state index contributed by atoms with van der Waals surface area (Å²) in [5.41, 5.74) is 1.11. The molecule has 0 radical (unpaired) electrons. The molecule has 0 saturated carbocycles. The minimum absolute atomic E-state index is 0.00106. The molecule has 2 nitrogen and oxygen atoms in total. The molecule has 0 heterocycles. The first-order valence-corrected chi connectivity index (χ1v) is 5.75. The summed E-state index contributed by atoms with van der Waals surface area (Å²) < 4.78 is -0.518. The Balaban J connectivity index is 2.65. The van der Waals surface area contributed by atoms with Crippen molar-refractivity contribution in [3.05, 3.63) is 35.9 Å². The average Bonchev–Trinajstić information content (AvgIpc) is 2.17. The Morgan fingerprint density at radius 3 is 2.33 bits per heavy atom. The number of amides is 1. The smallest absolute Gasteiger partial charge is 0.236 e. The summed E-state index contributed by atoms with van der Waals surface area (Å²) in [5.74, 6) is -0.00106. The minimum atomic E-state index is -0.518. The molecular weight excluding hydrogens is 254 g/mol. The predicted molar refractivity (Wildman–Crippen MR) is 66.0 cm³/mol. The van der Waals surface area contributed by atoms with E-state index in [0.717, 1.165) is 5.56 Å². The highest BCUT2D eigenvalue weighted by atomic mass is 79.9. The molecule has 0 spiro atoms. The van der Waals surface area contributed by atoms with E-state index in [1.807, 2.05) is 51.1 Å². The predicted octanol–water partition coefficient (Wildman–Crippen LogP) is 3.04. The molecule has 0 aliphatic carbocycles. The summed E-state index contributed by atoms with van der Waals surface area (Å²) in [6, 6.07) is 9.95. The first-order chi connectivity index (χ1) is 6.91. The number of hydrogen-bond acceptors (Lipinski definition) is 1. The molecule has 0 bridgehead atoms. The van der Waals surface area contributed by atoms with Gasteiger partial charge >= 0.3 is 0 Å². The topological polar surface area (TPSA) is 29.1 Å². The van der Waals surface area contributed by atoms with Gasteiger partial charge in [0.1, 0.15) is 0 Å². The highest BCUT2D eigenvalue weighted by molar-refractivity contribution is 9.10. The van der Waals surface area contributed by atoms with Crippen LogP contribution in [0.15, 0.2) is 30.3 Å². The van der Waals surface area contributed by atoms with E-state index < -0.39 is 4.32 Å². The maximum Gasteiger partial charge on any atom is 0.236 e. The van der Waals surface area contributed by atoms with Crippen LogP contribution in [0.25, 0.3) is 0 Å². The molecule has 1 N–H and O–H groups in total. The summed E-state index contributed by atoms with van der Waals surface area (Å²) in [5, 5.41) is 2.95. The van der Waals surface area contributed by atoms with Crippen molar-refractivity contribution in [2.45, 2.75) is 31.1 Å². The van der Waals surface area contributed by atoms with Crippen LogP contribution in [0, 0.1) is 0 Å². The molecule has 1 unspecified atom stereocenters. The van der Waals surface area contributed by atoms with Crippen LogP contribution < -0.4 is 5.32 Å². The van der Waals surface area contributed by atoms with Crippen LogP contribution in [-0.2, 0) is 4.79 Å². The molecule has 1 rings (SSSR count). The Labute approximate surface area is 99.2 Å². The number of benzene rings is 1. The zero-order valence-corrected chi connectivity index (χ0v) is 10.8. The molecule has 0 aromatic heterocycles. The molecule has 1 amide bonds. The summed E-state index contributed by atoms with van der Waals surface area (Å²) in [7, 11) is 0. The zero-order chi connectivity index (χ0) is 11.5. The van der Waals surface area contributed by atoms with Crippen molar-refractivity contribution in [3.63, 3.8) is 0 Å². The molecule has 0 aliphatic rings. The highest BCUT2D eigenvalue weighted by Crippen LogP contribution is 2.18. The van der Waals surface area contributed by atoms with Gasteiger partial charge in [-0.05, 0) is 26.3 Å². The van der Waals surface area contributed by atoms with Crippen molar-refractivity contribution in [1.29, 1.82) is 0 Å². The number of nitrogens with one attached hydrogen (secondary N) is 1. The van der Waals surface area contributed by atoms with Crippen LogP contribution in [-0.4, -0.2) is 10.2 Å². The Hall–Kier alpha value is -0.830. The van der Waals surface area contributed by atoms with E-state index in [4.69, 9.17) is 0 Å². The van der Waals surface area contributed by atoms with Gasteiger partial charge in [0.05, 0.1) is 10.4 Å². The van der Waals surface area contributed by atoms with Gasteiger partial charge in [-0.15, -0.1) is 0 Å². The van der Waals surface area contributed by atoms with Gasteiger partial charge in [0, 0.05) is 0 Å². The van der Waals surface area contributed by atoms with Crippen LogP contribution >= 0.6 is 15.9 Å². The lowest BCUT2D eigenvalue weighted by Crippen LogP contribution is -2.38. The maximum atomic E-state index is 11.7. The van der Waals surface area contributed by atoms with Crippen molar-refractivity contribution in [3.8, 4) is 0 Å². The van der Waals surface area contributed by atoms with Crippen molar-refractivity contribution in [2.75, 3.05) is 0 Å². The van der Waals surface area contributed by atoms with Crippen molar-refractivity contribution in [2.24, 2.45) is 0 Å². The lowest BCUT2D eigenvalue weighted by molar-refractivity contribution is -0.123. The van der Waals surface area contributed by atoms with Gasteiger partial charge in [0.15, 0.2) is 0 Å². The van der Waals surface area contributed by atoms with E-state index >= 15 is 0 Å². The van der Waals surface area contributed by atoms with Crippen LogP contribution in [0.4, 0.5) is 0 Å². The molecule has 3 heteroatoms. The standard InChI is InChI=1S/C12H16BrNO/c1-9(10-7-5-4-6-8-10)14-11(15)12(2,3)13/h4-9H,1-3H3,(H,14,15). The van der Waals surface area contributed by atoms with Crippen LogP contribution in [0.2, 0.25) is 0 Å². The van der Waals surface area contributed by atoms with Crippen molar-refractivity contribution >= 4 is 21.8 Å². The van der Waals surface area contributed by atoms with E-state index in [1.165, 1.54) is 0 Å². The summed E-state index contributed by atoms with van der Waals surface area (Å²) in [4.78, 5) is 11.7. The first kappa shape index (κ1) is 12.2. The number of alkyl halides is 1. The second kappa shape index (κ2) is 4.79. The number of carbonyl (C=O) groups excluding carboxylic acids is 1. The van der Waals surface area contributed by atoms with Gasteiger partial charge in [-0.25, -0.2) is 0 Å². The van der Waals surface area contributed by atoms with Crippen LogP contribution in [0.3, 0.4) is 0 Å². The fourth-order valence-corrected chi connectivity index (χ4v) is 1.31. The lowest BCUT2D eigenvalue weighted by atomic mass is 10.1. The second-order valence-electron chi connectivity index (χ2n) is 4.08. The molecule has 82 valence electrons. The third-order valence-electron chi connectivity index (χ3n) is 2.19. The Morgan fingerprint density at radius 2 is 1.87 bits per heavy atom. The molecule has 0 fully saturated rings. The Kier molecular flexibility index (Phi) is 3.91. The average molecular weight is 270 g/mol. The summed E-state index contributed by atoms with van der Waals surface area (Å²) in [6.07, 6.45) is 0. The second-order valence-corrected chi connectivity index (χ2v) is 6.06. The third kappa shape index (κ3) is 3.67. The Bertz CT molecular complexity index is 329. The first-order valence-electron chi connectivity index (χ1n) is 4.96. The number of carbonyl (C=O) groups is 1. The molecular formula is C12H16BrNO. The fourth-order valence-electron chi connectivity index (χ4n) is 1.19. The molecule has 0 saturated heterocycles. The molecule has 1 aromatic rings. The van der Waals surface area contributed by atoms with E-state index in [1.54, 1.807) is 0 Å².